The number of nitrogens with one attached hydrogen (secondary N) is 1. The van der Waals surface area contributed by atoms with Crippen molar-refractivity contribution in [2.45, 2.75) is 32.6 Å². The standard InChI is InChI=1S/C21H20ClN3/c1-12(2)14-8-9-19-18(11-23-25-19)20(14)21-16-7-5-4-6-15(16)17(10-22)13(3)24-21/h4-9,11-12H,10H2,1-3H3,(H,23,25). The molecule has 0 aliphatic carbocycles. The van der Waals surface area contributed by atoms with Gasteiger partial charge in [-0.2, -0.15) is 5.10 Å². The molecule has 0 amide bonds. The van der Waals surface area contributed by atoms with E-state index < -0.39 is 0 Å². The summed E-state index contributed by atoms with van der Waals surface area (Å²) in [5, 5.41) is 10.8. The highest BCUT2D eigenvalue weighted by atomic mass is 35.5. The van der Waals surface area contributed by atoms with Gasteiger partial charge in [-0.3, -0.25) is 10.1 Å². The van der Waals surface area contributed by atoms with Gasteiger partial charge < -0.3 is 0 Å². The molecular formula is C21H20ClN3. The van der Waals surface area contributed by atoms with E-state index >= 15 is 0 Å². The molecule has 0 aliphatic heterocycles. The molecule has 0 unspecified atom stereocenters. The largest absolute Gasteiger partial charge is 0.278 e. The molecule has 4 rings (SSSR count). The number of aryl methyl sites for hydroxylation is 1. The van der Waals surface area contributed by atoms with Crippen LogP contribution in [0.2, 0.25) is 0 Å². The van der Waals surface area contributed by atoms with Crippen LogP contribution in [0.15, 0.2) is 42.6 Å². The van der Waals surface area contributed by atoms with Crippen LogP contribution >= 0.6 is 11.6 Å². The SMILES string of the molecule is Cc1nc(-c2c(C(C)C)ccc3[nH]ncc23)c2ccccc2c1CCl. The van der Waals surface area contributed by atoms with Crippen LogP contribution in [0.3, 0.4) is 0 Å². The molecular weight excluding hydrogens is 330 g/mol. The molecule has 3 nitrogen and oxygen atoms in total. The molecule has 2 aromatic carbocycles. The average molecular weight is 350 g/mol. The van der Waals surface area contributed by atoms with Gasteiger partial charge in [0, 0.05) is 27.9 Å². The van der Waals surface area contributed by atoms with Crippen LogP contribution in [0, 0.1) is 6.92 Å². The summed E-state index contributed by atoms with van der Waals surface area (Å²) in [4.78, 5) is 4.99. The smallest absolute Gasteiger partial charge is 0.0793 e. The summed E-state index contributed by atoms with van der Waals surface area (Å²) in [6.07, 6.45) is 1.90. The van der Waals surface area contributed by atoms with E-state index in [2.05, 4.69) is 60.4 Å². The first-order valence-electron chi connectivity index (χ1n) is 8.52. The fourth-order valence-corrected chi connectivity index (χ4v) is 3.92. The maximum Gasteiger partial charge on any atom is 0.0793 e. The lowest BCUT2D eigenvalue weighted by Gasteiger charge is -2.17. The number of rotatable bonds is 3. The highest BCUT2D eigenvalue weighted by Gasteiger charge is 2.19. The minimum absolute atomic E-state index is 0.392. The predicted molar refractivity (Wildman–Crippen MR) is 105 cm³/mol. The number of benzene rings is 2. The fraction of sp³-hybridized carbons (Fsp3) is 0.238. The summed E-state index contributed by atoms with van der Waals surface area (Å²) >= 11 is 6.21. The Morgan fingerprint density at radius 1 is 1.04 bits per heavy atom. The Balaban J connectivity index is 2.18. The van der Waals surface area contributed by atoms with E-state index in [1.54, 1.807) is 0 Å². The number of aromatic nitrogens is 3. The third kappa shape index (κ3) is 2.50. The molecule has 4 aromatic rings. The van der Waals surface area contributed by atoms with E-state index in [9.17, 15) is 0 Å². The van der Waals surface area contributed by atoms with Gasteiger partial charge in [0.2, 0.25) is 0 Å². The topological polar surface area (TPSA) is 41.6 Å². The number of pyridine rings is 1. The van der Waals surface area contributed by atoms with Crippen molar-refractivity contribution in [1.29, 1.82) is 0 Å². The molecule has 4 heteroatoms. The number of fused-ring (bicyclic) bond motifs is 2. The zero-order chi connectivity index (χ0) is 17.6. The minimum Gasteiger partial charge on any atom is -0.278 e. The van der Waals surface area contributed by atoms with E-state index in [0.29, 0.717) is 11.8 Å². The lowest BCUT2D eigenvalue weighted by Crippen LogP contribution is -2.00. The number of alkyl halides is 1. The van der Waals surface area contributed by atoms with Crippen LogP contribution in [0.25, 0.3) is 32.9 Å². The zero-order valence-electron chi connectivity index (χ0n) is 14.6. The van der Waals surface area contributed by atoms with Crippen molar-refractivity contribution < 1.29 is 0 Å². The van der Waals surface area contributed by atoms with Gasteiger partial charge in [0.15, 0.2) is 0 Å². The first-order chi connectivity index (χ1) is 12.1. The lowest BCUT2D eigenvalue weighted by atomic mass is 9.89. The molecule has 2 heterocycles. The Kier molecular flexibility index (Phi) is 3.97. The number of halogens is 1. The van der Waals surface area contributed by atoms with Gasteiger partial charge in [-0.1, -0.05) is 44.2 Å². The summed E-state index contributed by atoms with van der Waals surface area (Å²) in [7, 11) is 0. The maximum atomic E-state index is 6.21. The maximum absolute atomic E-state index is 6.21. The molecule has 2 aromatic heterocycles. The number of aromatic amines is 1. The highest BCUT2D eigenvalue weighted by molar-refractivity contribution is 6.18. The number of hydrogen-bond acceptors (Lipinski definition) is 2. The second kappa shape index (κ2) is 6.16. The second-order valence-electron chi connectivity index (χ2n) is 6.72. The Morgan fingerprint density at radius 2 is 1.80 bits per heavy atom. The zero-order valence-corrected chi connectivity index (χ0v) is 15.4. The molecule has 0 atom stereocenters. The van der Waals surface area contributed by atoms with Gasteiger partial charge >= 0.3 is 0 Å². The summed E-state index contributed by atoms with van der Waals surface area (Å²) in [5.74, 6) is 0.856. The molecule has 1 N–H and O–H groups in total. The van der Waals surface area contributed by atoms with Crippen molar-refractivity contribution in [3.8, 4) is 11.3 Å². The van der Waals surface area contributed by atoms with Crippen LogP contribution in [-0.2, 0) is 5.88 Å². The molecule has 0 fully saturated rings. The van der Waals surface area contributed by atoms with Gasteiger partial charge in [0.05, 0.1) is 17.4 Å². The molecule has 0 saturated carbocycles. The van der Waals surface area contributed by atoms with Crippen molar-refractivity contribution in [3.63, 3.8) is 0 Å². The molecule has 0 aliphatic rings. The van der Waals surface area contributed by atoms with Crippen molar-refractivity contribution >= 4 is 33.3 Å². The monoisotopic (exact) mass is 349 g/mol. The van der Waals surface area contributed by atoms with Crippen LogP contribution < -0.4 is 0 Å². The van der Waals surface area contributed by atoms with Crippen LogP contribution in [0.1, 0.15) is 36.6 Å². The third-order valence-electron chi connectivity index (χ3n) is 4.87. The highest BCUT2D eigenvalue weighted by Crippen LogP contribution is 2.39. The Labute approximate surface area is 152 Å². The quantitative estimate of drug-likeness (QED) is 0.464. The number of H-pyrrole nitrogens is 1. The average Bonchev–Trinajstić information content (AvgIpc) is 3.09. The van der Waals surface area contributed by atoms with E-state index in [4.69, 9.17) is 16.6 Å². The van der Waals surface area contributed by atoms with Gasteiger partial charge in [-0.05, 0) is 35.4 Å². The summed E-state index contributed by atoms with van der Waals surface area (Å²) in [5.41, 5.74) is 6.58. The van der Waals surface area contributed by atoms with Crippen LogP contribution in [0.4, 0.5) is 0 Å². The Bertz CT molecular complexity index is 1080. The minimum atomic E-state index is 0.392. The predicted octanol–water partition coefficient (Wildman–Crippen LogP) is 5.95. The summed E-state index contributed by atoms with van der Waals surface area (Å²) in [6, 6.07) is 12.7. The second-order valence-corrected chi connectivity index (χ2v) is 6.99. The molecule has 0 radical (unpaired) electrons. The molecule has 126 valence electrons. The van der Waals surface area contributed by atoms with Gasteiger partial charge in [-0.25, -0.2) is 0 Å². The van der Waals surface area contributed by atoms with Crippen molar-refractivity contribution in [1.82, 2.24) is 15.2 Å². The lowest BCUT2D eigenvalue weighted by molar-refractivity contribution is 0.870. The Hall–Kier alpha value is -2.39. The fourth-order valence-electron chi connectivity index (χ4n) is 3.58. The summed E-state index contributed by atoms with van der Waals surface area (Å²) in [6.45, 7) is 6.47. The molecule has 0 bridgehead atoms. The molecule has 25 heavy (non-hydrogen) atoms. The van der Waals surface area contributed by atoms with Gasteiger partial charge in [0.25, 0.3) is 0 Å². The first-order valence-corrected chi connectivity index (χ1v) is 9.05. The van der Waals surface area contributed by atoms with E-state index in [1.807, 2.05) is 13.1 Å². The normalized spacial score (nSPS) is 11.7. The number of nitrogens with zero attached hydrogens (tertiary/aromatic N) is 2. The van der Waals surface area contributed by atoms with Crippen molar-refractivity contribution in [2.24, 2.45) is 0 Å². The first kappa shape index (κ1) is 16.1. The number of hydrogen-bond donors (Lipinski definition) is 1. The van der Waals surface area contributed by atoms with Gasteiger partial charge in [0.1, 0.15) is 0 Å². The van der Waals surface area contributed by atoms with Gasteiger partial charge in [-0.15, -0.1) is 11.6 Å². The molecule has 0 spiro atoms. The van der Waals surface area contributed by atoms with Crippen molar-refractivity contribution in [3.05, 3.63) is 59.4 Å². The van der Waals surface area contributed by atoms with Crippen LogP contribution in [0.5, 0.6) is 0 Å². The summed E-state index contributed by atoms with van der Waals surface area (Å²) < 4.78 is 0. The van der Waals surface area contributed by atoms with E-state index in [-0.39, 0.29) is 0 Å². The van der Waals surface area contributed by atoms with Crippen LogP contribution in [-0.4, -0.2) is 15.2 Å². The Morgan fingerprint density at radius 3 is 2.52 bits per heavy atom. The third-order valence-corrected chi connectivity index (χ3v) is 5.14. The van der Waals surface area contributed by atoms with E-state index in [0.717, 1.165) is 33.2 Å². The van der Waals surface area contributed by atoms with E-state index in [1.165, 1.54) is 16.5 Å². The van der Waals surface area contributed by atoms with Crippen molar-refractivity contribution in [2.75, 3.05) is 0 Å². The molecule has 0 saturated heterocycles.